The molecule has 0 bridgehead atoms. The lowest BCUT2D eigenvalue weighted by Crippen LogP contribution is -2.35. The first-order chi connectivity index (χ1) is 8.15. The van der Waals surface area contributed by atoms with Gasteiger partial charge in [0.05, 0.1) is 5.69 Å². The summed E-state index contributed by atoms with van der Waals surface area (Å²) in [5.41, 5.74) is 0.912. The van der Waals surface area contributed by atoms with Crippen LogP contribution in [0.3, 0.4) is 0 Å². The zero-order valence-corrected chi connectivity index (χ0v) is 9.96. The summed E-state index contributed by atoms with van der Waals surface area (Å²) >= 11 is 0. The maximum absolute atomic E-state index is 10.6. The zero-order chi connectivity index (χ0) is 12.3. The summed E-state index contributed by atoms with van der Waals surface area (Å²) in [6.45, 7) is 3.65. The van der Waals surface area contributed by atoms with Gasteiger partial charge in [-0.1, -0.05) is 0 Å². The number of rotatable bonds is 3. The van der Waals surface area contributed by atoms with Gasteiger partial charge in [0.1, 0.15) is 0 Å². The van der Waals surface area contributed by atoms with E-state index in [-0.39, 0.29) is 6.42 Å². The van der Waals surface area contributed by atoms with Gasteiger partial charge < -0.3 is 10.0 Å². The number of hydrogen-bond donors (Lipinski definition) is 1. The topological polar surface area (TPSA) is 66.3 Å². The summed E-state index contributed by atoms with van der Waals surface area (Å²) in [6.07, 6.45) is 2.12. The molecule has 0 atom stereocenters. The second-order valence-corrected chi connectivity index (χ2v) is 4.56. The molecule has 0 spiro atoms. The molecule has 1 aromatic rings. The second-order valence-electron chi connectivity index (χ2n) is 4.56. The molecule has 0 aromatic carbocycles. The van der Waals surface area contributed by atoms with Gasteiger partial charge >= 0.3 is 5.97 Å². The lowest BCUT2D eigenvalue weighted by molar-refractivity contribution is -0.138. The molecule has 5 heteroatoms. The summed E-state index contributed by atoms with van der Waals surface area (Å²) in [4.78, 5) is 12.8. The predicted octanol–water partition coefficient (Wildman–Crippen LogP) is 1.48. The fourth-order valence-corrected chi connectivity index (χ4v) is 2.17. The molecule has 0 amide bonds. The number of carboxylic acids is 1. The van der Waals surface area contributed by atoms with Crippen LogP contribution in [0.5, 0.6) is 0 Å². The van der Waals surface area contributed by atoms with Crippen molar-refractivity contribution in [3.05, 3.63) is 17.8 Å². The maximum Gasteiger partial charge on any atom is 0.303 e. The van der Waals surface area contributed by atoms with Crippen LogP contribution in [0, 0.1) is 12.8 Å². The number of carboxylic acid groups (broad SMARTS) is 1. The smallest absolute Gasteiger partial charge is 0.303 e. The predicted molar refractivity (Wildman–Crippen MR) is 64.0 cm³/mol. The number of aliphatic carboxylic acids is 1. The minimum absolute atomic E-state index is 0.285. The molecule has 2 heterocycles. The van der Waals surface area contributed by atoms with Gasteiger partial charge in [-0.3, -0.25) is 4.79 Å². The van der Waals surface area contributed by atoms with Gasteiger partial charge in [0.2, 0.25) is 0 Å². The van der Waals surface area contributed by atoms with Crippen LogP contribution in [-0.4, -0.2) is 34.4 Å². The van der Waals surface area contributed by atoms with Crippen molar-refractivity contribution in [3.8, 4) is 0 Å². The molecule has 1 N–H and O–H groups in total. The first-order valence-corrected chi connectivity index (χ1v) is 5.92. The van der Waals surface area contributed by atoms with Crippen LogP contribution >= 0.6 is 0 Å². The molecular weight excluding hydrogens is 218 g/mol. The van der Waals surface area contributed by atoms with E-state index in [0.29, 0.717) is 5.92 Å². The van der Waals surface area contributed by atoms with Gasteiger partial charge in [0.25, 0.3) is 0 Å². The van der Waals surface area contributed by atoms with E-state index in [9.17, 15) is 4.79 Å². The summed E-state index contributed by atoms with van der Waals surface area (Å²) in [5.74, 6) is 0.505. The Morgan fingerprint density at radius 1 is 1.41 bits per heavy atom. The fourth-order valence-electron chi connectivity index (χ4n) is 2.17. The SMILES string of the molecule is Cc1ccc(N2CCC(CC(=O)O)CC2)nn1. The molecule has 0 radical (unpaired) electrons. The first kappa shape index (κ1) is 11.8. The van der Waals surface area contributed by atoms with Crippen LogP contribution in [-0.2, 0) is 4.79 Å². The third kappa shape index (κ3) is 3.15. The normalized spacial score (nSPS) is 17.1. The quantitative estimate of drug-likeness (QED) is 0.859. The van der Waals surface area contributed by atoms with Gasteiger partial charge in [-0.2, -0.15) is 5.10 Å². The number of aryl methyl sites for hydroxylation is 1. The van der Waals surface area contributed by atoms with Crippen molar-refractivity contribution in [2.75, 3.05) is 18.0 Å². The Balaban J connectivity index is 1.90. The molecule has 0 aliphatic carbocycles. The monoisotopic (exact) mass is 235 g/mol. The lowest BCUT2D eigenvalue weighted by atomic mass is 9.94. The Bertz CT molecular complexity index is 383. The molecule has 1 aromatic heterocycles. The molecule has 1 saturated heterocycles. The van der Waals surface area contributed by atoms with Crippen molar-refractivity contribution in [3.63, 3.8) is 0 Å². The Morgan fingerprint density at radius 2 is 2.12 bits per heavy atom. The number of aromatic nitrogens is 2. The molecule has 5 nitrogen and oxygen atoms in total. The van der Waals surface area contributed by atoms with E-state index in [1.807, 2.05) is 19.1 Å². The van der Waals surface area contributed by atoms with Crippen molar-refractivity contribution in [2.45, 2.75) is 26.2 Å². The Labute approximate surface area is 100 Å². The molecule has 17 heavy (non-hydrogen) atoms. The van der Waals surface area contributed by atoms with Crippen LogP contribution in [0.2, 0.25) is 0 Å². The zero-order valence-electron chi connectivity index (χ0n) is 9.96. The Morgan fingerprint density at radius 3 is 2.65 bits per heavy atom. The summed E-state index contributed by atoms with van der Waals surface area (Å²) in [5, 5.41) is 16.9. The first-order valence-electron chi connectivity index (χ1n) is 5.92. The number of carbonyl (C=O) groups is 1. The van der Waals surface area contributed by atoms with E-state index in [1.165, 1.54) is 0 Å². The van der Waals surface area contributed by atoms with Crippen LogP contribution in [0.15, 0.2) is 12.1 Å². The minimum atomic E-state index is -0.696. The van der Waals surface area contributed by atoms with Gasteiger partial charge in [-0.15, -0.1) is 5.10 Å². The van der Waals surface area contributed by atoms with E-state index < -0.39 is 5.97 Å². The number of hydrogen-bond acceptors (Lipinski definition) is 4. The maximum atomic E-state index is 10.6. The van der Waals surface area contributed by atoms with E-state index in [4.69, 9.17) is 5.11 Å². The highest BCUT2D eigenvalue weighted by Crippen LogP contribution is 2.23. The highest BCUT2D eigenvalue weighted by Gasteiger charge is 2.22. The second kappa shape index (κ2) is 5.12. The van der Waals surface area contributed by atoms with Crippen LogP contribution < -0.4 is 4.90 Å². The fraction of sp³-hybridized carbons (Fsp3) is 0.583. The van der Waals surface area contributed by atoms with E-state index in [1.54, 1.807) is 0 Å². The third-order valence-electron chi connectivity index (χ3n) is 3.19. The minimum Gasteiger partial charge on any atom is -0.481 e. The van der Waals surface area contributed by atoms with E-state index >= 15 is 0 Å². The van der Waals surface area contributed by atoms with Crippen LogP contribution in [0.1, 0.15) is 25.0 Å². The number of piperidine rings is 1. The molecular formula is C12H17N3O2. The summed E-state index contributed by atoms with van der Waals surface area (Å²) in [7, 11) is 0. The van der Waals surface area contributed by atoms with Crippen LogP contribution in [0.25, 0.3) is 0 Å². The number of nitrogens with zero attached hydrogens (tertiary/aromatic N) is 3. The van der Waals surface area contributed by atoms with Crippen LogP contribution in [0.4, 0.5) is 5.82 Å². The van der Waals surface area contributed by atoms with Crippen molar-refractivity contribution in [2.24, 2.45) is 5.92 Å². The molecule has 1 fully saturated rings. The van der Waals surface area contributed by atoms with Crippen molar-refractivity contribution < 1.29 is 9.90 Å². The van der Waals surface area contributed by atoms with Crippen molar-refractivity contribution >= 4 is 11.8 Å². The standard InChI is InChI=1S/C12H17N3O2/c1-9-2-3-11(14-13-9)15-6-4-10(5-7-15)8-12(16)17/h2-3,10H,4-8H2,1H3,(H,16,17). The van der Waals surface area contributed by atoms with Gasteiger partial charge in [0.15, 0.2) is 5.82 Å². The lowest BCUT2D eigenvalue weighted by Gasteiger charge is -2.31. The molecule has 1 aliphatic heterocycles. The number of anilines is 1. The van der Waals surface area contributed by atoms with Gasteiger partial charge in [-0.05, 0) is 37.8 Å². The molecule has 1 aliphatic rings. The van der Waals surface area contributed by atoms with Crippen molar-refractivity contribution in [1.82, 2.24) is 10.2 Å². The highest BCUT2D eigenvalue weighted by molar-refractivity contribution is 5.67. The van der Waals surface area contributed by atoms with Gasteiger partial charge in [-0.25, -0.2) is 0 Å². The third-order valence-corrected chi connectivity index (χ3v) is 3.19. The molecule has 0 saturated carbocycles. The van der Waals surface area contributed by atoms with Gasteiger partial charge in [0, 0.05) is 19.5 Å². The van der Waals surface area contributed by atoms with Crippen molar-refractivity contribution in [1.29, 1.82) is 0 Å². The molecule has 2 rings (SSSR count). The molecule has 92 valence electrons. The summed E-state index contributed by atoms with van der Waals surface area (Å²) < 4.78 is 0. The average molecular weight is 235 g/mol. The summed E-state index contributed by atoms with van der Waals surface area (Å²) in [6, 6.07) is 3.92. The Kier molecular flexibility index (Phi) is 3.56. The molecule has 0 unspecified atom stereocenters. The van der Waals surface area contributed by atoms with E-state index in [0.717, 1.165) is 37.4 Å². The largest absolute Gasteiger partial charge is 0.481 e. The average Bonchev–Trinajstić information content (AvgIpc) is 2.30. The highest BCUT2D eigenvalue weighted by atomic mass is 16.4. The van der Waals surface area contributed by atoms with E-state index in [2.05, 4.69) is 15.1 Å². The Hall–Kier alpha value is -1.65.